The molecule has 0 spiro atoms. The Labute approximate surface area is 152 Å². The van der Waals surface area contributed by atoms with Crippen LogP contribution in [-0.2, 0) is 19.1 Å². The van der Waals surface area contributed by atoms with Gasteiger partial charge in [-0.3, -0.25) is 14.9 Å². The van der Waals surface area contributed by atoms with Crippen LogP contribution in [0.4, 0.5) is 0 Å². The molecule has 0 fully saturated rings. The van der Waals surface area contributed by atoms with Crippen LogP contribution in [0.3, 0.4) is 0 Å². The van der Waals surface area contributed by atoms with Crippen molar-refractivity contribution >= 4 is 23.4 Å². The van der Waals surface area contributed by atoms with E-state index in [1.807, 2.05) is 13.8 Å². The second-order valence-electron chi connectivity index (χ2n) is 6.55. The fraction of sp³-hybridized carbons (Fsp3) is 0.421. The minimum atomic E-state index is -1.40. The molecule has 1 aliphatic rings. The van der Waals surface area contributed by atoms with Crippen molar-refractivity contribution in [3.05, 3.63) is 35.4 Å². The molecule has 26 heavy (non-hydrogen) atoms. The van der Waals surface area contributed by atoms with Crippen LogP contribution in [-0.4, -0.2) is 42.2 Å². The molecule has 1 aromatic carbocycles. The largest absolute Gasteiger partial charge is 0.487 e. The van der Waals surface area contributed by atoms with Gasteiger partial charge in [0.05, 0.1) is 12.7 Å². The van der Waals surface area contributed by atoms with E-state index in [0.717, 1.165) is 0 Å². The Morgan fingerprint density at radius 2 is 1.73 bits per heavy atom. The molecule has 140 valence electrons. The summed E-state index contributed by atoms with van der Waals surface area (Å²) in [4.78, 5) is 35.5. The van der Waals surface area contributed by atoms with Crippen LogP contribution < -0.4 is 10.1 Å². The first-order valence-corrected chi connectivity index (χ1v) is 8.36. The average molecular weight is 361 g/mol. The smallest absolute Gasteiger partial charge is 0.338 e. The number of aliphatic hydroxyl groups excluding tert-OH is 1. The Hall–Kier alpha value is -2.67. The minimum absolute atomic E-state index is 0.236. The molecule has 0 aliphatic carbocycles. The summed E-state index contributed by atoms with van der Waals surface area (Å²) < 4.78 is 9.99. The van der Waals surface area contributed by atoms with Gasteiger partial charge in [-0.25, -0.2) is 4.79 Å². The lowest BCUT2D eigenvalue weighted by molar-refractivity contribution is -0.154. The third kappa shape index (κ3) is 4.29. The fourth-order valence-corrected chi connectivity index (χ4v) is 2.69. The maximum Gasteiger partial charge on any atom is 0.338 e. The van der Waals surface area contributed by atoms with Crippen molar-refractivity contribution in [2.24, 2.45) is 5.92 Å². The fourth-order valence-electron chi connectivity index (χ4n) is 2.69. The maximum absolute atomic E-state index is 12.1. The van der Waals surface area contributed by atoms with Crippen LogP contribution in [0.1, 0.15) is 32.8 Å². The predicted molar refractivity (Wildman–Crippen MR) is 94.1 cm³/mol. The second-order valence-corrected chi connectivity index (χ2v) is 6.55. The van der Waals surface area contributed by atoms with Crippen molar-refractivity contribution in [1.29, 1.82) is 0 Å². The number of ether oxygens (including phenoxy) is 2. The molecule has 2 amide bonds. The standard InChI is InChI=1S/C19H23NO6/c1-10(2)9-14-15(18(23)20-17(14)22)12-5-7-13(8-6-12)26-11(3)16(21)19(24)25-4/h5-8,10-11,16,21H,9H2,1-4H3,(H,20,22,23). The van der Waals surface area contributed by atoms with Gasteiger partial charge < -0.3 is 14.6 Å². The Balaban J connectivity index is 2.20. The highest BCUT2D eigenvalue weighted by molar-refractivity contribution is 6.35. The van der Waals surface area contributed by atoms with Gasteiger partial charge in [-0.1, -0.05) is 26.0 Å². The number of hydrogen-bond donors (Lipinski definition) is 2. The third-order valence-corrected chi connectivity index (χ3v) is 3.99. The number of aliphatic hydroxyl groups is 1. The molecule has 2 N–H and O–H groups in total. The molecule has 1 aliphatic heterocycles. The van der Waals surface area contributed by atoms with E-state index in [2.05, 4.69) is 10.1 Å². The number of methoxy groups -OCH3 is 1. The molecule has 0 saturated heterocycles. The van der Waals surface area contributed by atoms with Gasteiger partial charge in [0.2, 0.25) is 0 Å². The molecule has 2 unspecified atom stereocenters. The van der Waals surface area contributed by atoms with Crippen LogP contribution in [0.2, 0.25) is 0 Å². The number of amides is 2. The van der Waals surface area contributed by atoms with Crippen molar-refractivity contribution in [2.45, 2.75) is 39.4 Å². The number of hydrogen-bond acceptors (Lipinski definition) is 6. The van der Waals surface area contributed by atoms with Gasteiger partial charge in [0, 0.05) is 5.57 Å². The molecule has 7 heteroatoms. The highest BCUT2D eigenvalue weighted by atomic mass is 16.6. The third-order valence-electron chi connectivity index (χ3n) is 3.99. The van der Waals surface area contributed by atoms with E-state index in [9.17, 15) is 19.5 Å². The molecular formula is C19H23NO6. The Bertz CT molecular complexity index is 735. The van der Waals surface area contributed by atoms with Crippen LogP contribution in [0.15, 0.2) is 29.8 Å². The number of nitrogens with one attached hydrogen (secondary N) is 1. The Morgan fingerprint density at radius 1 is 1.12 bits per heavy atom. The quantitative estimate of drug-likeness (QED) is 0.563. The molecule has 0 saturated carbocycles. The molecule has 1 aromatic rings. The molecule has 7 nitrogen and oxygen atoms in total. The van der Waals surface area contributed by atoms with Gasteiger partial charge >= 0.3 is 5.97 Å². The van der Waals surface area contributed by atoms with Crippen molar-refractivity contribution in [1.82, 2.24) is 5.32 Å². The summed E-state index contributed by atoms with van der Waals surface area (Å²) in [6, 6.07) is 6.57. The predicted octanol–water partition coefficient (Wildman–Crippen LogP) is 1.44. The van der Waals surface area contributed by atoms with E-state index in [4.69, 9.17) is 4.74 Å². The van der Waals surface area contributed by atoms with Crippen molar-refractivity contribution < 1.29 is 29.0 Å². The van der Waals surface area contributed by atoms with E-state index in [-0.39, 0.29) is 11.8 Å². The summed E-state index contributed by atoms with van der Waals surface area (Å²) in [5.74, 6) is -0.888. The minimum Gasteiger partial charge on any atom is -0.487 e. The Morgan fingerprint density at radius 3 is 2.27 bits per heavy atom. The van der Waals surface area contributed by atoms with Crippen molar-refractivity contribution in [2.75, 3.05) is 7.11 Å². The molecular weight excluding hydrogens is 338 g/mol. The Kier molecular flexibility index (Phi) is 6.15. The van der Waals surface area contributed by atoms with Gasteiger partial charge in [-0.2, -0.15) is 0 Å². The lowest BCUT2D eigenvalue weighted by Crippen LogP contribution is -2.36. The molecule has 2 atom stereocenters. The second kappa shape index (κ2) is 8.14. The maximum atomic E-state index is 12.1. The first-order chi connectivity index (χ1) is 12.2. The van der Waals surface area contributed by atoms with E-state index >= 15 is 0 Å². The number of rotatable bonds is 7. The van der Waals surface area contributed by atoms with Gasteiger partial charge in [0.1, 0.15) is 11.9 Å². The first kappa shape index (κ1) is 19.7. The van der Waals surface area contributed by atoms with Gasteiger partial charge in [0.15, 0.2) is 6.10 Å². The number of carbonyl (C=O) groups excluding carboxylic acids is 3. The zero-order valence-electron chi connectivity index (χ0n) is 15.2. The van der Waals surface area contributed by atoms with E-state index in [1.165, 1.54) is 7.11 Å². The SMILES string of the molecule is COC(=O)C(O)C(C)Oc1ccc(C2=C(CC(C)C)C(=O)NC2=O)cc1. The average Bonchev–Trinajstić information content (AvgIpc) is 2.87. The molecule has 0 aromatic heterocycles. The summed E-state index contributed by atoms with van der Waals surface area (Å²) in [5, 5.41) is 12.1. The summed E-state index contributed by atoms with van der Waals surface area (Å²) in [6.07, 6.45) is -1.70. The van der Waals surface area contributed by atoms with Crippen molar-refractivity contribution in [3.63, 3.8) is 0 Å². The van der Waals surface area contributed by atoms with E-state index in [0.29, 0.717) is 28.9 Å². The number of esters is 1. The van der Waals surface area contributed by atoms with Crippen LogP contribution in [0, 0.1) is 5.92 Å². The van der Waals surface area contributed by atoms with Crippen LogP contribution in [0.25, 0.3) is 5.57 Å². The van der Waals surface area contributed by atoms with Crippen LogP contribution in [0.5, 0.6) is 5.75 Å². The zero-order chi connectivity index (χ0) is 19.4. The summed E-state index contributed by atoms with van der Waals surface area (Å²) in [6.45, 7) is 5.50. The summed E-state index contributed by atoms with van der Waals surface area (Å²) in [5.41, 5.74) is 1.46. The summed E-state index contributed by atoms with van der Waals surface area (Å²) >= 11 is 0. The monoisotopic (exact) mass is 361 g/mol. The van der Waals surface area contributed by atoms with Gasteiger partial charge in [0.25, 0.3) is 11.8 Å². The summed E-state index contributed by atoms with van der Waals surface area (Å²) in [7, 11) is 1.18. The number of imide groups is 1. The van der Waals surface area contributed by atoms with E-state index in [1.54, 1.807) is 31.2 Å². The normalized spacial score (nSPS) is 16.5. The highest BCUT2D eigenvalue weighted by Gasteiger charge is 2.31. The zero-order valence-corrected chi connectivity index (χ0v) is 15.2. The number of carbonyl (C=O) groups is 3. The molecule has 0 radical (unpaired) electrons. The molecule has 2 rings (SSSR count). The lowest BCUT2D eigenvalue weighted by Gasteiger charge is -2.18. The molecule has 1 heterocycles. The lowest BCUT2D eigenvalue weighted by atomic mass is 9.95. The highest BCUT2D eigenvalue weighted by Crippen LogP contribution is 2.29. The first-order valence-electron chi connectivity index (χ1n) is 8.36. The van der Waals surface area contributed by atoms with E-state index < -0.39 is 24.1 Å². The van der Waals surface area contributed by atoms with Gasteiger partial charge in [-0.15, -0.1) is 0 Å². The topological polar surface area (TPSA) is 102 Å². The molecule has 0 bridgehead atoms. The van der Waals surface area contributed by atoms with Crippen molar-refractivity contribution in [3.8, 4) is 5.75 Å². The van der Waals surface area contributed by atoms with Gasteiger partial charge in [-0.05, 0) is 37.0 Å². The number of benzene rings is 1. The van der Waals surface area contributed by atoms with Crippen LogP contribution >= 0.6 is 0 Å².